The van der Waals surface area contributed by atoms with Crippen molar-refractivity contribution in [2.75, 3.05) is 13.7 Å². The summed E-state index contributed by atoms with van der Waals surface area (Å²) in [6.45, 7) is 0.101. The Hall–Kier alpha value is -3.20. The summed E-state index contributed by atoms with van der Waals surface area (Å²) in [7, 11) is -2.18. The molecule has 0 spiro atoms. The van der Waals surface area contributed by atoms with Gasteiger partial charge in [0.15, 0.2) is 5.78 Å². The molecule has 0 amide bonds. The summed E-state index contributed by atoms with van der Waals surface area (Å²) >= 11 is 5.82. The first kappa shape index (κ1) is 25.4. The molecule has 0 saturated carbocycles. The average Bonchev–Trinajstić information content (AvgIpc) is 2.82. The molecule has 7 nitrogen and oxygen atoms in total. The highest BCUT2D eigenvalue weighted by atomic mass is 35.5. The maximum absolute atomic E-state index is 13.1. The van der Waals surface area contributed by atoms with Gasteiger partial charge in [-0.1, -0.05) is 17.7 Å². The largest absolute Gasteiger partial charge is 0.497 e. The second kappa shape index (κ2) is 11.3. The van der Waals surface area contributed by atoms with Crippen molar-refractivity contribution < 1.29 is 27.9 Å². The maximum Gasteiger partial charge on any atom is 0.303 e. The molecule has 0 atom stereocenters. The number of hydrogen-bond donors (Lipinski definition) is 2. The first-order valence-electron chi connectivity index (χ1n) is 10.5. The summed E-state index contributed by atoms with van der Waals surface area (Å²) in [5.41, 5.74) is 2.28. The van der Waals surface area contributed by atoms with E-state index in [4.69, 9.17) is 21.4 Å². The van der Waals surface area contributed by atoms with Crippen molar-refractivity contribution in [1.82, 2.24) is 4.72 Å². The van der Waals surface area contributed by atoms with E-state index in [-0.39, 0.29) is 30.1 Å². The van der Waals surface area contributed by atoms with Gasteiger partial charge in [0.25, 0.3) is 0 Å². The number of benzene rings is 3. The molecule has 0 aromatic heterocycles. The quantitative estimate of drug-likeness (QED) is 0.382. The van der Waals surface area contributed by atoms with Crippen LogP contribution in [-0.2, 0) is 27.7 Å². The molecule has 0 radical (unpaired) electrons. The summed E-state index contributed by atoms with van der Waals surface area (Å²) in [5, 5.41) is 9.48. The van der Waals surface area contributed by atoms with Crippen molar-refractivity contribution in [2.24, 2.45) is 0 Å². The fourth-order valence-electron chi connectivity index (χ4n) is 3.37. The van der Waals surface area contributed by atoms with Gasteiger partial charge >= 0.3 is 5.97 Å². The summed E-state index contributed by atoms with van der Waals surface area (Å²) < 4.78 is 32.7. The van der Waals surface area contributed by atoms with Crippen molar-refractivity contribution in [3.8, 4) is 5.75 Å². The minimum absolute atomic E-state index is 0.0805. The van der Waals surface area contributed by atoms with Crippen molar-refractivity contribution >= 4 is 33.4 Å². The van der Waals surface area contributed by atoms with E-state index in [0.717, 1.165) is 5.56 Å². The number of carboxylic acid groups (broad SMARTS) is 1. The Morgan fingerprint density at radius 2 is 1.53 bits per heavy atom. The molecule has 34 heavy (non-hydrogen) atoms. The maximum atomic E-state index is 13.1. The van der Waals surface area contributed by atoms with E-state index in [1.165, 1.54) is 31.4 Å². The first-order valence-corrected chi connectivity index (χ1v) is 12.3. The lowest BCUT2D eigenvalue weighted by atomic mass is 9.96. The number of methoxy groups -OCH3 is 1. The van der Waals surface area contributed by atoms with Gasteiger partial charge in [0.1, 0.15) is 5.75 Å². The molecule has 2 N–H and O–H groups in total. The number of aryl methyl sites for hydroxylation is 1. The van der Waals surface area contributed by atoms with E-state index in [1.807, 2.05) is 0 Å². The molecule has 3 aromatic carbocycles. The Balaban J connectivity index is 1.79. The number of hydrogen-bond acceptors (Lipinski definition) is 5. The molecule has 3 rings (SSSR count). The van der Waals surface area contributed by atoms with E-state index >= 15 is 0 Å². The number of nitrogens with one attached hydrogen (secondary N) is 1. The van der Waals surface area contributed by atoms with Gasteiger partial charge in [-0.15, -0.1) is 0 Å². The number of carboxylic acids is 1. The molecule has 0 aliphatic carbocycles. The zero-order valence-electron chi connectivity index (χ0n) is 18.5. The predicted molar refractivity (Wildman–Crippen MR) is 129 cm³/mol. The second-order valence-electron chi connectivity index (χ2n) is 7.59. The van der Waals surface area contributed by atoms with Crippen LogP contribution in [-0.4, -0.2) is 38.9 Å². The van der Waals surface area contributed by atoms with Crippen LogP contribution in [0.3, 0.4) is 0 Å². The van der Waals surface area contributed by atoms with Crippen LogP contribution in [0.2, 0.25) is 5.02 Å². The topological polar surface area (TPSA) is 110 Å². The van der Waals surface area contributed by atoms with Crippen molar-refractivity contribution in [2.45, 2.75) is 24.2 Å². The van der Waals surface area contributed by atoms with Gasteiger partial charge in [0, 0.05) is 29.1 Å². The SMILES string of the molecule is COc1ccc(C(=O)c2cc(CCNS(=O)(=O)c3ccc(Cl)cc3)cc(CCC(=O)O)c2)cc1. The summed E-state index contributed by atoms with van der Waals surface area (Å²) in [6.07, 6.45) is 0.488. The fraction of sp³-hybridized carbons (Fsp3) is 0.200. The van der Waals surface area contributed by atoms with Crippen molar-refractivity contribution in [1.29, 1.82) is 0 Å². The normalized spacial score (nSPS) is 11.2. The molecular weight excluding hydrogens is 478 g/mol. The fourth-order valence-corrected chi connectivity index (χ4v) is 4.53. The van der Waals surface area contributed by atoms with E-state index in [2.05, 4.69) is 4.72 Å². The standard InChI is InChI=1S/C25H24ClNO6S/c1-33-22-7-3-19(4-8-22)25(30)20-15-17(2-11-24(28)29)14-18(16-20)12-13-27-34(31,32)23-9-5-21(26)6-10-23/h3-10,14-16,27H,2,11-13H2,1H3,(H,28,29). The first-order chi connectivity index (χ1) is 16.2. The van der Waals surface area contributed by atoms with E-state index in [9.17, 15) is 18.0 Å². The molecule has 9 heteroatoms. The van der Waals surface area contributed by atoms with Crippen LogP contribution < -0.4 is 9.46 Å². The molecule has 0 fully saturated rings. The second-order valence-corrected chi connectivity index (χ2v) is 9.79. The molecule has 0 heterocycles. The number of rotatable bonds is 11. The van der Waals surface area contributed by atoms with Crippen LogP contribution in [0.25, 0.3) is 0 Å². The van der Waals surface area contributed by atoms with Gasteiger partial charge in [0.2, 0.25) is 10.0 Å². The zero-order valence-corrected chi connectivity index (χ0v) is 20.0. The number of carbonyl (C=O) groups excluding carboxylic acids is 1. The van der Waals surface area contributed by atoms with Crippen LogP contribution in [0.4, 0.5) is 0 Å². The minimum atomic E-state index is -3.72. The van der Waals surface area contributed by atoms with Gasteiger partial charge in [-0.2, -0.15) is 0 Å². The lowest BCUT2D eigenvalue weighted by Crippen LogP contribution is -2.26. The summed E-state index contributed by atoms with van der Waals surface area (Å²) in [4.78, 5) is 24.2. The Labute approximate surface area is 203 Å². The Kier molecular flexibility index (Phi) is 8.44. The third-order valence-corrected chi connectivity index (χ3v) is 6.85. The lowest BCUT2D eigenvalue weighted by molar-refractivity contribution is -0.136. The molecule has 0 saturated heterocycles. The van der Waals surface area contributed by atoms with Gasteiger partial charge in [-0.25, -0.2) is 13.1 Å². The van der Waals surface area contributed by atoms with E-state index in [0.29, 0.717) is 33.9 Å². The third kappa shape index (κ3) is 6.90. The monoisotopic (exact) mass is 501 g/mol. The summed E-state index contributed by atoms with van der Waals surface area (Å²) in [5.74, 6) is -0.535. The van der Waals surface area contributed by atoms with E-state index in [1.54, 1.807) is 42.5 Å². The molecule has 0 bridgehead atoms. The van der Waals surface area contributed by atoms with Crippen LogP contribution in [0.5, 0.6) is 5.75 Å². The number of sulfonamides is 1. The lowest BCUT2D eigenvalue weighted by Gasteiger charge is -2.11. The highest BCUT2D eigenvalue weighted by Gasteiger charge is 2.15. The Morgan fingerprint density at radius 3 is 2.12 bits per heavy atom. The van der Waals surface area contributed by atoms with E-state index < -0.39 is 16.0 Å². The molecule has 178 valence electrons. The Bertz CT molecular complexity index is 1270. The highest BCUT2D eigenvalue weighted by molar-refractivity contribution is 7.89. The smallest absolute Gasteiger partial charge is 0.303 e. The van der Waals surface area contributed by atoms with Crippen LogP contribution in [0.1, 0.15) is 33.5 Å². The summed E-state index contributed by atoms with van der Waals surface area (Å²) in [6, 6.07) is 17.7. The number of halogens is 1. The third-order valence-electron chi connectivity index (χ3n) is 5.12. The number of ketones is 1. The highest BCUT2D eigenvalue weighted by Crippen LogP contribution is 2.19. The van der Waals surface area contributed by atoms with Crippen molar-refractivity contribution in [3.05, 3.63) is 94.0 Å². The minimum Gasteiger partial charge on any atom is -0.497 e. The molecule has 0 aliphatic heterocycles. The molecule has 0 aliphatic rings. The Morgan fingerprint density at radius 1 is 0.912 bits per heavy atom. The van der Waals surface area contributed by atoms with Crippen LogP contribution in [0.15, 0.2) is 71.6 Å². The van der Waals surface area contributed by atoms with Gasteiger partial charge < -0.3 is 9.84 Å². The van der Waals surface area contributed by atoms with Gasteiger partial charge in [0.05, 0.1) is 12.0 Å². The number of ether oxygens (including phenoxy) is 1. The molecule has 0 unspecified atom stereocenters. The predicted octanol–water partition coefficient (Wildman–Crippen LogP) is 4.12. The number of aliphatic carboxylic acids is 1. The zero-order chi connectivity index (χ0) is 24.7. The van der Waals surface area contributed by atoms with Gasteiger partial charge in [-0.3, -0.25) is 9.59 Å². The van der Waals surface area contributed by atoms with Crippen LogP contribution >= 0.6 is 11.6 Å². The van der Waals surface area contributed by atoms with Gasteiger partial charge in [-0.05, 0) is 84.6 Å². The molecular formula is C25H24ClNO6S. The molecule has 3 aromatic rings. The van der Waals surface area contributed by atoms with Crippen molar-refractivity contribution in [3.63, 3.8) is 0 Å². The average molecular weight is 502 g/mol. The van der Waals surface area contributed by atoms with Crippen LogP contribution in [0, 0.1) is 0 Å². The number of carbonyl (C=O) groups is 2.